The van der Waals surface area contributed by atoms with Crippen LogP contribution in [0.1, 0.15) is 5.56 Å². The fourth-order valence-electron chi connectivity index (χ4n) is 1.88. The van der Waals surface area contributed by atoms with Crippen LogP contribution in [0.4, 0.5) is 0 Å². The van der Waals surface area contributed by atoms with Crippen molar-refractivity contribution in [3.63, 3.8) is 0 Å². The second-order valence-corrected chi connectivity index (χ2v) is 4.52. The normalized spacial score (nSPS) is 10.2. The number of hydrogen-bond acceptors (Lipinski definition) is 2. The summed E-state index contributed by atoms with van der Waals surface area (Å²) in [6.45, 7) is 0. The zero-order chi connectivity index (χ0) is 13.8. The van der Waals surface area contributed by atoms with Gasteiger partial charge in [0.05, 0.1) is 18.6 Å². The maximum atomic E-state index is 10.7. The Kier molecular flexibility index (Phi) is 4.07. The SMILES string of the molecule is COc1ccc(-c2cccc(CC(=O)O)c2)c(Cl)c1. The Morgan fingerprint density at radius 3 is 2.68 bits per heavy atom. The lowest BCUT2D eigenvalue weighted by molar-refractivity contribution is -0.136. The predicted molar refractivity (Wildman–Crippen MR) is 74.8 cm³/mol. The smallest absolute Gasteiger partial charge is 0.307 e. The third-order valence-corrected chi connectivity index (χ3v) is 3.08. The molecule has 1 N–H and O–H groups in total. The van der Waals surface area contributed by atoms with Crippen LogP contribution < -0.4 is 4.74 Å². The number of ether oxygens (including phenoxy) is 1. The Morgan fingerprint density at radius 1 is 1.26 bits per heavy atom. The number of aliphatic carboxylic acids is 1. The molecule has 3 nitrogen and oxygen atoms in total. The maximum Gasteiger partial charge on any atom is 0.307 e. The Morgan fingerprint density at radius 2 is 2.05 bits per heavy atom. The number of hydrogen-bond donors (Lipinski definition) is 1. The molecule has 19 heavy (non-hydrogen) atoms. The summed E-state index contributed by atoms with van der Waals surface area (Å²) in [6, 6.07) is 12.8. The number of carboxylic acids is 1. The van der Waals surface area contributed by atoms with E-state index in [1.165, 1.54) is 0 Å². The van der Waals surface area contributed by atoms with Crippen molar-refractivity contribution >= 4 is 17.6 Å². The largest absolute Gasteiger partial charge is 0.497 e. The summed E-state index contributed by atoms with van der Waals surface area (Å²) in [4.78, 5) is 10.7. The molecule has 0 bridgehead atoms. The highest BCUT2D eigenvalue weighted by molar-refractivity contribution is 6.33. The van der Waals surface area contributed by atoms with Gasteiger partial charge in [-0.1, -0.05) is 35.9 Å². The molecule has 0 saturated carbocycles. The van der Waals surface area contributed by atoms with Crippen molar-refractivity contribution in [1.82, 2.24) is 0 Å². The van der Waals surface area contributed by atoms with Crippen LogP contribution in [0.3, 0.4) is 0 Å². The van der Waals surface area contributed by atoms with E-state index >= 15 is 0 Å². The Balaban J connectivity index is 2.38. The molecule has 0 amide bonds. The molecule has 2 aromatic rings. The molecule has 2 aromatic carbocycles. The van der Waals surface area contributed by atoms with E-state index in [9.17, 15) is 4.79 Å². The average molecular weight is 277 g/mol. The van der Waals surface area contributed by atoms with E-state index in [0.717, 1.165) is 16.7 Å². The lowest BCUT2D eigenvalue weighted by Crippen LogP contribution is -1.99. The van der Waals surface area contributed by atoms with Crippen LogP contribution in [0.25, 0.3) is 11.1 Å². The van der Waals surface area contributed by atoms with Crippen LogP contribution in [-0.4, -0.2) is 18.2 Å². The van der Waals surface area contributed by atoms with E-state index in [4.69, 9.17) is 21.4 Å². The van der Waals surface area contributed by atoms with Gasteiger partial charge in [0.15, 0.2) is 0 Å². The number of halogens is 1. The monoisotopic (exact) mass is 276 g/mol. The van der Waals surface area contributed by atoms with Crippen molar-refractivity contribution in [1.29, 1.82) is 0 Å². The van der Waals surface area contributed by atoms with Crippen molar-refractivity contribution < 1.29 is 14.6 Å². The number of carboxylic acid groups (broad SMARTS) is 1. The van der Waals surface area contributed by atoms with Crippen molar-refractivity contribution in [2.24, 2.45) is 0 Å². The van der Waals surface area contributed by atoms with E-state index < -0.39 is 5.97 Å². The topological polar surface area (TPSA) is 46.5 Å². The van der Waals surface area contributed by atoms with Crippen molar-refractivity contribution in [3.8, 4) is 16.9 Å². The van der Waals surface area contributed by atoms with Crippen molar-refractivity contribution in [2.45, 2.75) is 6.42 Å². The quantitative estimate of drug-likeness (QED) is 0.927. The van der Waals surface area contributed by atoms with Crippen molar-refractivity contribution in [3.05, 3.63) is 53.1 Å². The molecule has 0 heterocycles. The van der Waals surface area contributed by atoms with Gasteiger partial charge in [-0.3, -0.25) is 4.79 Å². The molecular formula is C15H13ClO3. The van der Waals surface area contributed by atoms with E-state index in [1.807, 2.05) is 30.3 Å². The molecule has 4 heteroatoms. The summed E-state index contributed by atoms with van der Waals surface area (Å²) in [5.41, 5.74) is 2.50. The lowest BCUT2D eigenvalue weighted by atomic mass is 10.0. The van der Waals surface area contributed by atoms with Gasteiger partial charge < -0.3 is 9.84 Å². The molecule has 0 atom stereocenters. The predicted octanol–water partition coefficient (Wildman–Crippen LogP) is 3.64. The summed E-state index contributed by atoms with van der Waals surface area (Å²) in [5.74, 6) is -0.159. The van der Waals surface area contributed by atoms with Gasteiger partial charge in [-0.25, -0.2) is 0 Å². The molecule has 98 valence electrons. The zero-order valence-corrected chi connectivity index (χ0v) is 11.1. The number of benzene rings is 2. The van der Waals surface area contributed by atoms with Gasteiger partial charge in [0, 0.05) is 5.56 Å². The molecule has 0 aromatic heterocycles. The molecule has 0 fully saturated rings. The van der Waals surface area contributed by atoms with E-state index in [2.05, 4.69) is 0 Å². The second kappa shape index (κ2) is 5.76. The van der Waals surface area contributed by atoms with Gasteiger partial charge >= 0.3 is 5.97 Å². The highest BCUT2D eigenvalue weighted by Crippen LogP contribution is 2.31. The Hall–Kier alpha value is -2.00. The molecule has 0 aliphatic carbocycles. The molecule has 0 spiro atoms. The molecule has 0 radical (unpaired) electrons. The van der Waals surface area contributed by atoms with Crippen LogP contribution in [0, 0.1) is 0 Å². The molecule has 2 rings (SSSR count). The summed E-state index contributed by atoms with van der Waals surface area (Å²) < 4.78 is 5.10. The summed E-state index contributed by atoms with van der Waals surface area (Å²) in [6.07, 6.45) is 0.00160. The van der Waals surface area contributed by atoms with Crippen LogP contribution in [0.2, 0.25) is 5.02 Å². The first kappa shape index (κ1) is 13.4. The fraction of sp³-hybridized carbons (Fsp3) is 0.133. The summed E-state index contributed by atoms with van der Waals surface area (Å²) in [7, 11) is 1.58. The lowest BCUT2D eigenvalue weighted by Gasteiger charge is -2.08. The summed E-state index contributed by atoms with van der Waals surface area (Å²) >= 11 is 6.20. The highest BCUT2D eigenvalue weighted by atomic mass is 35.5. The Labute approximate surface area is 116 Å². The average Bonchev–Trinajstić information content (AvgIpc) is 2.38. The van der Waals surface area contributed by atoms with E-state index in [1.54, 1.807) is 19.2 Å². The third kappa shape index (κ3) is 3.26. The molecule has 0 aliphatic rings. The second-order valence-electron chi connectivity index (χ2n) is 4.12. The molecule has 0 saturated heterocycles. The summed E-state index contributed by atoms with van der Waals surface area (Å²) in [5, 5.41) is 9.38. The van der Waals surface area contributed by atoms with E-state index in [-0.39, 0.29) is 6.42 Å². The third-order valence-electron chi connectivity index (χ3n) is 2.77. The van der Waals surface area contributed by atoms with Gasteiger partial charge in [0.25, 0.3) is 0 Å². The maximum absolute atomic E-state index is 10.7. The van der Waals surface area contributed by atoms with Gasteiger partial charge in [-0.2, -0.15) is 0 Å². The van der Waals surface area contributed by atoms with Crippen LogP contribution in [-0.2, 0) is 11.2 Å². The highest BCUT2D eigenvalue weighted by Gasteiger charge is 2.07. The molecule has 0 unspecified atom stereocenters. The number of carbonyl (C=O) groups is 1. The van der Waals surface area contributed by atoms with Gasteiger partial charge in [-0.05, 0) is 29.3 Å². The van der Waals surface area contributed by atoms with E-state index in [0.29, 0.717) is 10.8 Å². The van der Waals surface area contributed by atoms with Crippen LogP contribution in [0.15, 0.2) is 42.5 Å². The minimum atomic E-state index is -0.849. The first-order valence-electron chi connectivity index (χ1n) is 5.75. The van der Waals surface area contributed by atoms with Gasteiger partial charge in [-0.15, -0.1) is 0 Å². The minimum Gasteiger partial charge on any atom is -0.497 e. The first-order chi connectivity index (χ1) is 9.10. The number of rotatable bonds is 4. The minimum absolute atomic E-state index is 0.00160. The van der Waals surface area contributed by atoms with Crippen LogP contribution in [0.5, 0.6) is 5.75 Å². The fourth-order valence-corrected chi connectivity index (χ4v) is 2.16. The zero-order valence-electron chi connectivity index (χ0n) is 10.4. The van der Waals surface area contributed by atoms with Crippen molar-refractivity contribution in [2.75, 3.05) is 7.11 Å². The number of methoxy groups -OCH3 is 1. The van der Waals surface area contributed by atoms with Gasteiger partial charge in [0.2, 0.25) is 0 Å². The first-order valence-corrected chi connectivity index (χ1v) is 6.12. The Bertz CT molecular complexity index is 608. The standard InChI is InChI=1S/C15H13ClO3/c1-19-12-5-6-13(14(16)9-12)11-4-2-3-10(7-11)8-15(17)18/h2-7,9H,8H2,1H3,(H,17,18). The van der Waals surface area contributed by atoms with Crippen LogP contribution >= 0.6 is 11.6 Å². The van der Waals surface area contributed by atoms with Gasteiger partial charge in [0.1, 0.15) is 5.75 Å². The molecular weight excluding hydrogens is 264 g/mol. The molecule has 0 aliphatic heterocycles.